The van der Waals surface area contributed by atoms with E-state index in [1.165, 1.54) is 37.1 Å². The van der Waals surface area contributed by atoms with Crippen LogP contribution in [0.2, 0.25) is 0 Å². The van der Waals surface area contributed by atoms with Crippen molar-refractivity contribution in [2.75, 3.05) is 50.4 Å². The first-order valence-electron chi connectivity index (χ1n) is 17.6. The Labute approximate surface area is 308 Å². The SMILES string of the molecule is CNc1cc(-c2cccc(F)c2)nc2ccc(-c3ccccc3OC)cc12.COCCNc1cc(-c2cccc(F)c2)nc2ccc(NC3CC3)cc12. The quantitative estimate of drug-likeness (QED) is 0.115. The van der Waals surface area contributed by atoms with Gasteiger partial charge in [0, 0.05) is 71.3 Å². The Bertz CT molecular complexity index is 2380. The van der Waals surface area contributed by atoms with Gasteiger partial charge in [0.05, 0.1) is 36.1 Å². The van der Waals surface area contributed by atoms with E-state index in [0.29, 0.717) is 19.2 Å². The second-order valence-corrected chi connectivity index (χ2v) is 12.9. The molecule has 9 heteroatoms. The van der Waals surface area contributed by atoms with Gasteiger partial charge >= 0.3 is 0 Å². The Balaban J connectivity index is 0.000000164. The molecule has 2 heterocycles. The third-order valence-corrected chi connectivity index (χ3v) is 9.12. The number of anilines is 3. The summed E-state index contributed by atoms with van der Waals surface area (Å²) in [6.07, 6.45) is 2.46. The number of halogens is 2. The molecular weight excluding hydrogens is 669 g/mol. The Morgan fingerprint density at radius 1 is 0.660 bits per heavy atom. The Kier molecular flexibility index (Phi) is 10.7. The van der Waals surface area contributed by atoms with Crippen LogP contribution in [0.1, 0.15) is 12.8 Å². The van der Waals surface area contributed by atoms with Crippen molar-refractivity contribution in [3.63, 3.8) is 0 Å². The lowest BCUT2D eigenvalue weighted by molar-refractivity contribution is 0.211. The molecule has 3 N–H and O–H groups in total. The van der Waals surface area contributed by atoms with E-state index >= 15 is 0 Å². The molecule has 7 nitrogen and oxygen atoms in total. The molecule has 53 heavy (non-hydrogen) atoms. The van der Waals surface area contributed by atoms with Crippen LogP contribution >= 0.6 is 0 Å². The third-order valence-electron chi connectivity index (χ3n) is 9.12. The zero-order chi connectivity index (χ0) is 36.7. The molecule has 2 aromatic heterocycles. The molecule has 1 fully saturated rings. The number of para-hydroxylation sites is 1. The van der Waals surface area contributed by atoms with E-state index in [0.717, 1.165) is 78.3 Å². The summed E-state index contributed by atoms with van der Waals surface area (Å²) < 4.78 is 37.9. The molecule has 0 amide bonds. The molecule has 0 atom stereocenters. The minimum Gasteiger partial charge on any atom is -0.496 e. The van der Waals surface area contributed by atoms with Crippen LogP contribution < -0.4 is 20.7 Å². The van der Waals surface area contributed by atoms with Crippen molar-refractivity contribution in [1.29, 1.82) is 0 Å². The standard InChI is InChI=1S/C23H19FN2O.C21H22FN3O/c1-25-22-14-21(16-6-5-7-17(24)12-16)26-20-11-10-15(13-19(20)22)18-8-3-4-9-23(18)27-2;1-26-10-9-23-21-13-20(14-3-2-4-15(22)11-14)25-19-8-7-17(12-18(19)21)24-16-5-6-16/h3-14H,1-2H3,(H,25,26);2-4,7-8,11-13,16,24H,5-6,9-10H2,1H3,(H,23,25). The van der Waals surface area contributed by atoms with Gasteiger partial charge in [-0.25, -0.2) is 18.7 Å². The van der Waals surface area contributed by atoms with Gasteiger partial charge in [-0.05, 0) is 91.2 Å². The molecule has 7 aromatic rings. The number of ether oxygens (including phenoxy) is 2. The van der Waals surface area contributed by atoms with Gasteiger partial charge in [-0.1, -0.05) is 48.5 Å². The van der Waals surface area contributed by atoms with Crippen LogP contribution in [0.5, 0.6) is 5.75 Å². The number of benzene rings is 5. The molecule has 5 aromatic carbocycles. The molecule has 1 saturated carbocycles. The summed E-state index contributed by atoms with van der Waals surface area (Å²) in [5.74, 6) is 0.293. The number of fused-ring (bicyclic) bond motifs is 2. The molecule has 0 spiro atoms. The predicted octanol–water partition coefficient (Wildman–Crippen LogP) is 10.4. The molecule has 0 bridgehead atoms. The van der Waals surface area contributed by atoms with E-state index in [2.05, 4.69) is 34.1 Å². The monoisotopic (exact) mass is 709 g/mol. The summed E-state index contributed by atoms with van der Waals surface area (Å²) in [7, 11) is 5.23. The number of methoxy groups -OCH3 is 2. The van der Waals surface area contributed by atoms with Crippen LogP contribution in [0.15, 0.2) is 121 Å². The molecule has 0 unspecified atom stereocenters. The average Bonchev–Trinajstić information content (AvgIpc) is 4.01. The van der Waals surface area contributed by atoms with Gasteiger partial charge in [0.15, 0.2) is 0 Å². The first kappa shape index (κ1) is 35.3. The van der Waals surface area contributed by atoms with Crippen LogP contribution in [-0.4, -0.2) is 50.4 Å². The van der Waals surface area contributed by atoms with Gasteiger partial charge < -0.3 is 25.4 Å². The van der Waals surface area contributed by atoms with Gasteiger partial charge in [-0.15, -0.1) is 0 Å². The van der Waals surface area contributed by atoms with Gasteiger partial charge in [-0.3, -0.25) is 0 Å². The summed E-state index contributed by atoms with van der Waals surface area (Å²) in [5, 5.41) is 12.2. The molecule has 0 aliphatic heterocycles. The highest BCUT2D eigenvalue weighted by Gasteiger charge is 2.21. The van der Waals surface area contributed by atoms with Crippen molar-refractivity contribution in [3.8, 4) is 39.4 Å². The third kappa shape index (κ3) is 8.37. The van der Waals surface area contributed by atoms with Crippen molar-refractivity contribution in [3.05, 3.63) is 133 Å². The first-order valence-corrected chi connectivity index (χ1v) is 17.6. The minimum absolute atomic E-state index is 0.262. The maximum absolute atomic E-state index is 13.6. The van der Waals surface area contributed by atoms with Gasteiger partial charge in [0.1, 0.15) is 17.4 Å². The number of nitrogens with zero attached hydrogens (tertiary/aromatic N) is 2. The summed E-state index contributed by atoms with van der Waals surface area (Å²) in [5.41, 5.74) is 9.83. The second-order valence-electron chi connectivity index (χ2n) is 12.9. The van der Waals surface area contributed by atoms with Crippen LogP contribution in [0.3, 0.4) is 0 Å². The van der Waals surface area contributed by atoms with Gasteiger partial charge in [0.25, 0.3) is 0 Å². The fourth-order valence-corrected chi connectivity index (χ4v) is 6.29. The Morgan fingerprint density at radius 2 is 1.30 bits per heavy atom. The summed E-state index contributed by atoms with van der Waals surface area (Å²) in [4.78, 5) is 9.48. The first-order chi connectivity index (χ1) is 25.9. The number of aromatic nitrogens is 2. The maximum Gasteiger partial charge on any atom is 0.126 e. The lowest BCUT2D eigenvalue weighted by atomic mass is 10.0. The number of rotatable bonds is 11. The number of hydrogen-bond donors (Lipinski definition) is 3. The fourth-order valence-electron chi connectivity index (χ4n) is 6.29. The Morgan fingerprint density at radius 3 is 1.92 bits per heavy atom. The lowest BCUT2D eigenvalue weighted by Crippen LogP contribution is -2.08. The lowest BCUT2D eigenvalue weighted by Gasteiger charge is -2.14. The molecule has 8 rings (SSSR count). The fraction of sp³-hybridized carbons (Fsp3) is 0.182. The molecular formula is C44H41F2N5O2. The molecule has 0 radical (unpaired) electrons. The van der Waals surface area contributed by atoms with E-state index in [-0.39, 0.29) is 11.6 Å². The highest BCUT2D eigenvalue weighted by atomic mass is 19.1. The molecule has 0 saturated heterocycles. The van der Waals surface area contributed by atoms with Crippen molar-refractivity contribution in [1.82, 2.24) is 9.97 Å². The average molecular weight is 710 g/mol. The van der Waals surface area contributed by atoms with E-state index in [1.807, 2.05) is 73.8 Å². The Hall–Kier alpha value is -6.06. The predicted molar refractivity (Wildman–Crippen MR) is 213 cm³/mol. The van der Waals surface area contributed by atoms with Crippen LogP contribution in [0, 0.1) is 11.6 Å². The molecule has 268 valence electrons. The van der Waals surface area contributed by atoms with E-state index in [9.17, 15) is 8.78 Å². The zero-order valence-corrected chi connectivity index (χ0v) is 29.9. The number of pyridine rings is 2. The summed E-state index contributed by atoms with van der Waals surface area (Å²) in [6.45, 7) is 1.30. The van der Waals surface area contributed by atoms with Crippen molar-refractivity contribution < 1.29 is 18.3 Å². The smallest absolute Gasteiger partial charge is 0.126 e. The van der Waals surface area contributed by atoms with E-state index in [1.54, 1.807) is 26.4 Å². The van der Waals surface area contributed by atoms with Crippen LogP contribution in [-0.2, 0) is 4.74 Å². The topological polar surface area (TPSA) is 80.3 Å². The second kappa shape index (κ2) is 16.1. The van der Waals surface area contributed by atoms with Crippen molar-refractivity contribution in [2.24, 2.45) is 0 Å². The summed E-state index contributed by atoms with van der Waals surface area (Å²) >= 11 is 0. The van der Waals surface area contributed by atoms with Gasteiger partial charge in [0.2, 0.25) is 0 Å². The zero-order valence-electron chi connectivity index (χ0n) is 29.9. The number of nitrogens with one attached hydrogen (secondary N) is 3. The van der Waals surface area contributed by atoms with E-state index in [4.69, 9.17) is 19.4 Å². The van der Waals surface area contributed by atoms with Crippen LogP contribution in [0.25, 0.3) is 55.4 Å². The largest absolute Gasteiger partial charge is 0.496 e. The van der Waals surface area contributed by atoms with Gasteiger partial charge in [-0.2, -0.15) is 0 Å². The number of hydrogen-bond acceptors (Lipinski definition) is 7. The van der Waals surface area contributed by atoms with Crippen molar-refractivity contribution in [2.45, 2.75) is 18.9 Å². The summed E-state index contributed by atoms with van der Waals surface area (Å²) in [6, 6.07) is 37.8. The minimum atomic E-state index is -0.271. The molecule has 1 aliphatic carbocycles. The highest BCUT2D eigenvalue weighted by Crippen LogP contribution is 2.36. The van der Waals surface area contributed by atoms with E-state index < -0.39 is 0 Å². The van der Waals surface area contributed by atoms with Crippen LogP contribution in [0.4, 0.5) is 25.8 Å². The highest BCUT2D eigenvalue weighted by molar-refractivity contribution is 5.97. The molecule has 1 aliphatic rings. The normalized spacial score (nSPS) is 12.2. The maximum atomic E-state index is 13.6. The van der Waals surface area contributed by atoms with Crippen molar-refractivity contribution >= 4 is 38.9 Å².